The number of benzene rings is 3. The quantitative estimate of drug-likeness (QED) is 0.264. The van der Waals surface area contributed by atoms with Crippen molar-refractivity contribution in [1.29, 1.82) is 0 Å². The van der Waals surface area contributed by atoms with Crippen LogP contribution in [-0.4, -0.2) is 51.6 Å². The molecule has 1 N–H and O–H groups in total. The van der Waals surface area contributed by atoms with Gasteiger partial charge in [0, 0.05) is 47.9 Å². The zero-order valence-corrected chi connectivity index (χ0v) is 23.0. The van der Waals surface area contributed by atoms with E-state index in [-0.39, 0.29) is 11.9 Å². The Bertz CT molecular complexity index is 1630. The first kappa shape index (κ1) is 26.0. The van der Waals surface area contributed by atoms with Crippen molar-refractivity contribution in [2.75, 3.05) is 20.2 Å². The maximum absolute atomic E-state index is 13.5. The Labute approximate surface area is 238 Å². The molecule has 1 saturated heterocycles. The number of carbonyl (C=O) groups excluding carboxylic acids is 1. The molecule has 2 aromatic heterocycles. The summed E-state index contributed by atoms with van der Waals surface area (Å²) in [5.74, 6) is 0.505. The molecule has 0 saturated carbocycles. The summed E-state index contributed by atoms with van der Waals surface area (Å²) < 4.78 is 7.41. The van der Waals surface area contributed by atoms with Gasteiger partial charge < -0.3 is 10.1 Å². The van der Waals surface area contributed by atoms with Gasteiger partial charge in [0.2, 0.25) is 0 Å². The number of carbonyl (C=O) groups is 1. The lowest BCUT2D eigenvalue weighted by molar-refractivity contribution is 0.0904. The number of amides is 1. The van der Waals surface area contributed by atoms with Crippen LogP contribution in [0.5, 0.6) is 5.75 Å². The van der Waals surface area contributed by atoms with Crippen LogP contribution in [0.3, 0.4) is 0 Å². The molecule has 202 valence electrons. The number of piperidine rings is 1. The van der Waals surface area contributed by atoms with E-state index in [4.69, 9.17) is 26.4 Å². The Morgan fingerprint density at radius 2 is 1.70 bits per heavy atom. The normalized spacial score (nSPS) is 14.3. The first-order valence-electron chi connectivity index (χ1n) is 13.4. The highest BCUT2D eigenvalue weighted by atomic mass is 35.5. The highest BCUT2D eigenvalue weighted by molar-refractivity contribution is 6.30. The number of likely N-dealkylation sites (tertiary alicyclic amines) is 1. The van der Waals surface area contributed by atoms with Gasteiger partial charge in [0.25, 0.3) is 5.91 Å². The Morgan fingerprint density at radius 1 is 0.975 bits per heavy atom. The Hall–Kier alpha value is -4.20. The second-order valence-electron chi connectivity index (χ2n) is 10.0. The molecule has 1 fully saturated rings. The second-order valence-corrected chi connectivity index (χ2v) is 10.5. The van der Waals surface area contributed by atoms with Crippen LogP contribution in [-0.2, 0) is 6.54 Å². The van der Waals surface area contributed by atoms with Crippen LogP contribution >= 0.6 is 11.6 Å². The zero-order chi connectivity index (χ0) is 27.5. The maximum atomic E-state index is 13.5. The minimum Gasteiger partial charge on any atom is -0.496 e. The minimum absolute atomic E-state index is 0.0989. The van der Waals surface area contributed by atoms with E-state index in [9.17, 15) is 4.79 Å². The fourth-order valence-corrected chi connectivity index (χ4v) is 5.36. The van der Waals surface area contributed by atoms with Crippen LogP contribution in [0.25, 0.3) is 28.2 Å². The summed E-state index contributed by atoms with van der Waals surface area (Å²) in [4.78, 5) is 20.7. The zero-order valence-electron chi connectivity index (χ0n) is 22.3. The fourth-order valence-electron chi connectivity index (χ4n) is 5.24. The van der Waals surface area contributed by atoms with E-state index in [1.807, 2.05) is 60.7 Å². The van der Waals surface area contributed by atoms with Crippen LogP contribution in [0, 0.1) is 0 Å². The van der Waals surface area contributed by atoms with Crippen molar-refractivity contribution >= 4 is 23.2 Å². The number of para-hydroxylation sites is 1. The average molecular weight is 552 g/mol. The lowest BCUT2D eigenvalue weighted by Gasteiger charge is -2.32. The van der Waals surface area contributed by atoms with Crippen LogP contribution in [0.2, 0.25) is 5.02 Å². The number of hydrogen-bond acceptors (Lipinski definition) is 5. The van der Waals surface area contributed by atoms with Gasteiger partial charge in [0.15, 0.2) is 5.65 Å². The topological polar surface area (TPSA) is 71.8 Å². The van der Waals surface area contributed by atoms with E-state index in [0.717, 1.165) is 55.0 Å². The first-order chi connectivity index (χ1) is 19.6. The average Bonchev–Trinajstić information content (AvgIpc) is 3.43. The molecule has 40 heavy (non-hydrogen) atoms. The lowest BCUT2D eigenvalue weighted by Crippen LogP contribution is -2.44. The second kappa shape index (κ2) is 11.5. The monoisotopic (exact) mass is 551 g/mol. The molecule has 3 heterocycles. The third kappa shape index (κ3) is 5.57. The van der Waals surface area contributed by atoms with Gasteiger partial charge in [-0.15, -0.1) is 0 Å². The minimum atomic E-state index is -0.186. The van der Waals surface area contributed by atoms with E-state index in [0.29, 0.717) is 22.1 Å². The number of aromatic nitrogens is 3. The third-order valence-electron chi connectivity index (χ3n) is 7.35. The van der Waals surface area contributed by atoms with E-state index in [1.54, 1.807) is 17.7 Å². The number of nitrogens with zero attached hydrogens (tertiary/aromatic N) is 4. The molecule has 0 radical (unpaired) electrons. The largest absolute Gasteiger partial charge is 0.496 e. The van der Waals surface area contributed by atoms with Crippen molar-refractivity contribution in [2.45, 2.75) is 25.4 Å². The molecular weight excluding hydrogens is 522 g/mol. The van der Waals surface area contributed by atoms with Gasteiger partial charge in [-0.1, -0.05) is 66.2 Å². The van der Waals surface area contributed by atoms with Crippen molar-refractivity contribution in [3.8, 4) is 28.3 Å². The molecule has 1 amide bonds. The molecule has 8 heteroatoms. The molecule has 0 atom stereocenters. The molecule has 0 spiro atoms. The fraction of sp³-hybridized carbons (Fsp3) is 0.219. The molecule has 3 aromatic carbocycles. The summed E-state index contributed by atoms with van der Waals surface area (Å²) in [5, 5.41) is 8.73. The molecular formula is C32H30ClN5O2. The number of nitrogens with one attached hydrogen (secondary N) is 1. The van der Waals surface area contributed by atoms with Crippen molar-refractivity contribution in [3.63, 3.8) is 0 Å². The highest BCUT2D eigenvalue weighted by Crippen LogP contribution is 2.32. The third-order valence-corrected chi connectivity index (χ3v) is 7.61. The standard InChI is InChI=1S/C32H30ClN5O2/c1-40-30-10-6-5-9-26(30)29-19-28(35-31-20-27(36-38(29)31)23-11-13-24(33)14-12-23)32(39)34-25-15-17-37(18-16-25)21-22-7-3-2-4-8-22/h2-14,19-20,25H,15-18,21H2,1H3,(H,34,39). The van der Waals surface area contributed by atoms with Crippen LogP contribution < -0.4 is 10.1 Å². The van der Waals surface area contributed by atoms with E-state index >= 15 is 0 Å². The summed E-state index contributed by atoms with van der Waals surface area (Å²) in [6, 6.07) is 29.5. The van der Waals surface area contributed by atoms with E-state index in [2.05, 4.69) is 34.5 Å². The van der Waals surface area contributed by atoms with Crippen LogP contribution in [0.1, 0.15) is 28.9 Å². The molecule has 6 rings (SSSR count). The molecule has 5 aromatic rings. The summed E-state index contributed by atoms with van der Waals surface area (Å²) in [6.07, 6.45) is 1.79. The molecule has 0 bridgehead atoms. The van der Waals surface area contributed by atoms with Gasteiger partial charge in [0.05, 0.1) is 18.5 Å². The van der Waals surface area contributed by atoms with Crippen LogP contribution in [0.15, 0.2) is 91.0 Å². The van der Waals surface area contributed by atoms with E-state index < -0.39 is 0 Å². The highest BCUT2D eigenvalue weighted by Gasteiger charge is 2.23. The summed E-state index contributed by atoms with van der Waals surface area (Å²) >= 11 is 6.10. The number of fused-ring (bicyclic) bond motifs is 1. The van der Waals surface area contributed by atoms with Crippen molar-refractivity contribution in [3.05, 3.63) is 107 Å². The number of ether oxygens (including phenoxy) is 1. The molecule has 7 nitrogen and oxygen atoms in total. The van der Waals surface area contributed by atoms with E-state index in [1.165, 1.54) is 5.56 Å². The molecule has 0 unspecified atom stereocenters. The van der Waals surface area contributed by atoms with Crippen LogP contribution in [0.4, 0.5) is 0 Å². The molecule has 1 aliphatic rings. The predicted octanol–water partition coefficient (Wildman–Crippen LogP) is 6.12. The number of hydrogen-bond donors (Lipinski definition) is 1. The summed E-state index contributed by atoms with van der Waals surface area (Å²) in [7, 11) is 1.64. The van der Waals surface area contributed by atoms with Crippen molar-refractivity contribution in [2.24, 2.45) is 0 Å². The van der Waals surface area contributed by atoms with Crippen molar-refractivity contribution < 1.29 is 9.53 Å². The van der Waals surface area contributed by atoms with Gasteiger partial charge >= 0.3 is 0 Å². The smallest absolute Gasteiger partial charge is 0.270 e. The van der Waals surface area contributed by atoms with Gasteiger partial charge in [0.1, 0.15) is 11.4 Å². The molecule has 1 aliphatic heterocycles. The van der Waals surface area contributed by atoms with Gasteiger partial charge in [-0.3, -0.25) is 9.69 Å². The molecule has 0 aliphatic carbocycles. The predicted molar refractivity (Wildman–Crippen MR) is 158 cm³/mol. The van der Waals surface area contributed by atoms with Gasteiger partial charge in [-0.05, 0) is 48.7 Å². The first-order valence-corrected chi connectivity index (χ1v) is 13.8. The SMILES string of the molecule is COc1ccccc1-c1cc(C(=O)NC2CCN(Cc3ccccc3)CC2)nc2cc(-c3ccc(Cl)cc3)nn12. The Morgan fingerprint density at radius 3 is 2.45 bits per heavy atom. The van der Waals surface area contributed by atoms with Gasteiger partial charge in [-0.25, -0.2) is 9.50 Å². The lowest BCUT2D eigenvalue weighted by atomic mass is 10.0. The summed E-state index contributed by atoms with van der Waals surface area (Å²) in [5.41, 5.74) is 5.44. The summed E-state index contributed by atoms with van der Waals surface area (Å²) in [6.45, 7) is 2.80. The maximum Gasteiger partial charge on any atom is 0.270 e. The Kier molecular flexibility index (Phi) is 7.49. The van der Waals surface area contributed by atoms with Gasteiger partial charge in [-0.2, -0.15) is 5.10 Å². The number of methoxy groups -OCH3 is 1. The Balaban J connectivity index is 1.27. The number of rotatable bonds is 7. The van der Waals surface area contributed by atoms with Crippen molar-refractivity contribution in [1.82, 2.24) is 24.8 Å². The number of halogens is 1.